The smallest absolute Gasteiger partial charge is 0.354 e. The van der Waals surface area contributed by atoms with Gasteiger partial charge in [0.25, 0.3) is 5.69 Å². The number of hydrogen-bond donors (Lipinski definition) is 3. The van der Waals surface area contributed by atoms with Crippen LogP contribution in [0.15, 0.2) is 97.2 Å². The van der Waals surface area contributed by atoms with E-state index in [0.717, 1.165) is 43.2 Å². The van der Waals surface area contributed by atoms with Crippen molar-refractivity contribution in [2.45, 2.75) is 58.3 Å². The molecular formula is C30H42N3O6P. The SMILES string of the molecule is CCC=CCC=CCC=CCC=CCC=CCC=CCCC(=O)NCCN(c1ccc([N+](=O)[O-])cc1)P(=O)(O)O. The molecule has 0 atom stereocenters. The van der Waals surface area contributed by atoms with Crippen molar-refractivity contribution < 1.29 is 24.1 Å². The molecule has 0 radical (unpaired) electrons. The lowest BCUT2D eigenvalue weighted by molar-refractivity contribution is -0.384. The second kappa shape index (κ2) is 21.3. The van der Waals surface area contributed by atoms with Crippen LogP contribution < -0.4 is 9.99 Å². The first-order valence-electron chi connectivity index (χ1n) is 13.5. The van der Waals surface area contributed by atoms with Crippen LogP contribution >= 0.6 is 7.75 Å². The molecule has 10 heteroatoms. The third kappa shape index (κ3) is 17.1. The molecule has 0 aliphatic rings. The number of nitro benzene ring substituents is 1. The lowest BCUT2D eigenvalue weighted by Crippen LogP contribution is -2.33. The Labute approximate surface area is 237 Å². The molecule has 0 aliphatic carbocycles. The maximum atomic E-state index is 12.0. The molecule has 1 aromatic rings. The molecule has 0 saturated carbocycles. The van der Waals surface area contributed by atoms with Gasteiger partial charge < -0.3 is 15.1 Å². The first-order chi connectivity index (χ1) is 19.3. The summed E-state index contributed by atoms with van der Waals surface area (Å²) < 4.78 is 12.6. The van der Waals surface area contributed by atoms with E-state index in [-0.39, 0.29) is 36.8 Å². The van der Waals surface area contributed by atoms with Crippen LogP contribution in [-0.2, 0) is 9.36 Å². The normalized spacial score (nSPS) is 12.7. The molecule has 0 aromatic heterocycles. The minimum atomic E-state index is -4.67. The van der Waals surface area contributed by atoms with Crippen molar-refractivity contribution in [1.82, 2.24) is 5.32 Å². The molecule has 3 N–H and O–H groups in total. The second-order valence-electron chi connectivity index (χ2n) is 8.71. The molecule has 9 nitrogen and oxygen atoms in total. The molecule has 0 spiro atoms. The molecule has 1 amide bonds. The van der Waals surface area contributed by atoms with E-state index < -0.39 is 12.7 Å². The fourth-order valence-corrected chi connectivity index (χ4v) is 4.19. The maximum absolute atomic E-state index is 12.0. The fourth-order valence-electron chi connectivity index (χ4n) is 3.40. The molecule has 1 aromatic carbocycles. The first-order valence-corrected chi connectivity index (χ1v) is 15.1. The Hall–Kier alpha value is -3.52. The zero-order chi connectivity index (χ0) is 29.5. The highest BCUT2D eigenvalue weighted by Crippen LogP contribution is 2.43. The number of hydrogen-bond acceptors (Lipinski definition) is 4. The highest BCUT2D eigenvalue weighted by molar-refractivity contribution is 7.53. The number of amides is 1. The summed E-state index contributed by atoms with van der Waals surface area (Å²) in [6, 6.07) is 4.87. The average Bonchev–Trinajstić information content (AvgIpc) is 2.91. The number of nitrogens with one attached hydrogen (secondary N) is 1. The number of nitrogens with zero attached hydrogens (tertiary/aromatic N) is 2. The third-order valence-electron chi connectivity index (χ3n) is 5.45. The number of non-ortho nitro benzene ring substituents is 1. The summed E-state index contributed by atoms with van der Waals surface area (Å²) >= 11 is 0. The van der Waals surface area contributed by atoms with Crippen LogP contribution in [0, 0.1) is 10.1 Å². The number of rotatable bonds is 20. The largest absolute Gasteiger partial charge is 0.430 e. The van der Waals surface area contributed by atoms with E-state index in [0.29, 0.717) is 6.42 Å². The maximum Gasteiger partial charge on any atom is 0.430 e. The van der Waals surface area contributed by atoms with Gasteiger partial charge in [-0.1, -0.05) is 79.8 Å². The summed E-state index contributed by atoms with van der Waals surface area (Å²) in [5.74, 6) is -0.228. The Morgan fingerprint density at radius 1 is 0.850 bits per heavy atom. The van der Waals surface area contributed by atoms with Gasteiger partial charge in [0.1, 0.15) is 0 Å². The lowest BCUT2D eigenvalue weighted by Gasteiger charge is -2.25. The minimum Gasteiger partial charge on any atom is -0.354 e. The van der Waals surface area contributed by atoms with Crippen molar-refractivity contribution >= 4 is 25.0 Å². The Bertz CT molecular complexity index is 1100. The van der Waals surface area contributed by atoms with Crippen molar-refractivity contribution in [2.75, 3.05) is 17.8 Å². The molecule has 0 heterocycles. The molecular weight excluding hydrogens is 529 g/mol. The molecule has 0 aliphatic heterocycles. The fraction of sp³-hybridized carbons (Fsp3) is 0.367. The van der Waals surface area contributed by atoms with E-state index in [4.69, 9.17) is 0 Å². The van der Waals surface area contributed by atoms with E-state index in [9.17, 15) is 29.3 Å². The summed E-state index contributed by atoms with van der Waals surface area (Å²) in [5, 5.41) is 13.4. The van der Waals surface area contributed by atoms with E-state index in [1.165, 1.54) is 24.3 Å². The Morgan fingerprint density at radius 3 is 1.73 bits per heavy atom. The standard InChI is InChI=1S/C30H42N3O6P/c1-2-3-4-5-6-7-8-9-10-11-12-13-14-15-16-17-18-19-20-21-30(34)31-26-27-32(40(37,38)39)28-22-24-29(25-23-28)33(35)36/h3-4,6-7,9-10,12-13,15-16,18-19,22-25H,2,5,8,11,14,17,20-21,26-27H2,1H3,(H,31,34)(H2,37,38,39). The summed E-state index contributed by atoms with van der Waals surface area (Å²) in [6.07, 6.45) is 31.9. The predicted octanol–water partition coefficient (Wildman–Crippen LogP) is 7.09. The van der Waals surface area contributed by atoms with Crippen molar-refractivity contribution in [1.29, 1.82) is 0 Å². The number of carbonyl (C=O) groups is 1. The van der Waals surface area contributed by atoms with Gasteiger partial charge in [0.05, 0.1) is 4.92 Å². The minimum absolute atomic E-state index is 0.0185. The van der Waals surface area contributed by atoms with Crippen LogP contribution in [0.3, 0.4) is 0 Å². The van der Waals surface area contributed by atoms with Gasteiger partial charge >= 0.3 is 7.75 Å². The van der Waals surface area contributed by atoms with Crippen LogP contribution in [0.1, 0.15) is 58.3 Å². The average molecular weight is 572 g/mol. The molecule has 218 valence electrons. The predicted molar refractivity (Wildman–Crippen MR) is 163 cm³/mol. The van der Waals surface area contributed by atoms with Crippen LogP contribution in [0.5, 0.6) is 0 Å². The molecule has 0 bridgehead atoms. The Morgan fingerprint density at radius 2 is 1.30 bits per heavy atom. The number of carbonyl (C=O) groups excluding carboxylic acids is 1. The van der Waals surface area contributed by atoms with E-state index >= 15 is 0 Å². The van der Waals surface area contributed by atoms with E-state index in [1.807, 2.05) is 12.2 Å². The molecule has 0 unspecified atom stereocenters. The number of nitro groups is 1. The Balaban J connectivity index is 2.19. The molecule has 0 saturated heterocycles. The van der Waals surface area contributed by atoms with Crippen molar-refractivity contribution in [3.63, 3.8) is 0 Å². The van der Waals surface area contributed by atoms with E-state index in [1.54, 1.807) is 0 Å². The highest BCUT2D eigenvalue weighted by atomic mass is 31.2. The van der Waals surface area contributed by atoms with Gasteiger partial charge in [0.15, 0.2) is 0 Å². The Kier molecular flexibility index (Phi) is 18.4. The molecule has 0 fully saturated rings. The summed E-state index contributed by atoms with van der Waals surface area (Å²) in [6.45, 7) is 2.01. The number of allylic oxidation sites excluding steroid dienone is 12. The molecule has 1 rings (SSSR count). The van der Waals surface area contributed by atoms with Crippen LogP contribution in [0.4, 0.5) is 11.4 Å². The topological polar surface area (TPSA) is 133 Å². The third-order valence-corrected chi connectivity index (χ3v) is 6.51. The van der Waals surface area contributed by atoms with Crippen molar-refractivity contribution in [3.8, 4) is 0 Å². The van der Waals surface area contributed by atoms with Crippen molar-refractivity contribution in [2.24, 2.45) is 0 Å². The monoisotopic (exact) mass is 571 g/mol. The van der Waals surface area contributed by atoms with Gasteiger partial charge in [0, 0.05) is 37.3 Å². The lowest BCUT2D eigenvalue weighted by atomic mass is 10.2. The zero-order valence-electron chi connectivity index (χ0n) is 23.2. The van der Waals surface area contributed by atoms with Gasteiger partial charge in [-0.2, -0.15) is 0 Å². The number of benzene rings is 1. The summed E-state index contributed by atoms with van der Waals surface area (Å²) in [4.78, 5) is 41.5. The number of anilines is 1. The van der Waals surface area contributed by atoms with Gasteiger partial charge in [-0.15, -0.1) is 0 Å². The van der Waals surface area contributed by atoms with Gasteiger partial charge in [-0.05, 0) is 57.1 Å². The first kappa shape index (κ1) is 34.5. The summed E-state index contributed by atoms with van der Waals surface area (Å²) in [7, 11) is -4.67. The highest BCUT2D eigenvalue weighted by Gasteiger charge is 2.26. The summed E-state index contributed by atoms with van der Waals surface area (Å²) in [5.41, 5.74) is -0.0525. The van der Waals surface area contributed by atoms with Gasteiger partial charge in [-0.25, -0.2) is 4.57 Å². The van der Waals surface area contributed by atoms with Crippen LogP contribution in [0.2, 0.25) is 0 Å². The second-order valence-corrected chi connectivity index (χ2v) is 10.2. The zero-order valence-corrected chi connectivity index (χ0v) is 24.1. The quantitative estimate of drug-likeness (QED) is 0.0659. The van der Waals surface area contributed by atoms with Gasteiger partial charge in [0.2, 0.25) is 5.91 Å². The van der Waals surface area contributed by atoms with Crippen LogP contribution in [-0.4, -0.2) is 33.7 Å². The van der Waals surface area contributed by atoms with E-state index in [2.05, 4.69) is 73.0 Å². The van der Waals surface area contributed by atoms with Crippen LogP contribution in [0.25, 0.3) is 0 Å². The van der Waals surface area contributed by atoms with Gasteiger partial charge in [-0.3, -0.25) is 19.6 Å². The van der Waals surface area contributed by atoms with Crippen molar-refractivity contribution in [3.05, 3.63) is 107 Å². The molecule has 40 heavy (non-hydrogen) atoms.